The van der Waals surface area contributed by atoms with Crippen LogP contribution in [0.3, 0.4) is 0 Å². The summed E-state index contributed by atoms with van der Waals surface area (Å²) in [5.74, 6) is 1.40. The minimum atomic E-state index is 0.625. The molecule has 0 spiro atoms. The van der Waals surface area contributed by atoms with Crippen LogP contribution in [0.5, 0.6) is 0 Å². The maximum Gasteiger partial charge on any atom is 0.135 e. The van der Waals surface area contributed by atoms with Crippen molar-refractivity contribution in [3.8, 4) is 6.07 Å². The summed E-state index contributed by atoms with van der Waals surface area (Å²) in [5, 5.41) is 15.3. The lowest BCUT2D eigenvalue weighted by molar-refractivity contribution is 1.16. The molecule has 2 N–H and O–H groups in total. The zero-order valence-corrected chi connectivity index (χ0v) is 13.5. The minimum Gasteiger partial charge on any atom is -0.340 e. The van der Waals surface area contributed by atoms with Crippen molar-refractivity contribution in [3.63, 3.8) is 0 Å². The largest absolute Gasteiger partial charge is 0.340 e. The van der Waals surface area contributed by atoms with Gasteiger partial charge >= 0.3 is 0 Å². The van der Waals surface area contributed by atoms with E-state index in [9.17, 15) is 0 Å². The number of hydrogen-bond donors (Lipinski definition) is 2. The lowest BCUT2D eigenvalue weighted by Gasteiger charge is -2.11. The van der Waals surface area contributed by atoms with Gasteiger partial charge in [-0.05, 0) is 49.7 Å². The Labute approximate surface area is 141 Å². The fourth-order valence-electron chi connectivity index (χ4n) is 2.36. The monoisotopic (exact) mass is 315 g/mol. The zero-order chi connectivity index (χ0) is 16.9. The Morgan fingerprint density at radius 1 is 0.875 bits per heavy atom. The number of rotatable bonds is 4. The second-order valence-corrected chi connectivity index (χ2v) is 5.55. The van der Waals surface area contributed by atoms with Crippen molar-refractivity contribution in [1.82, 2.24) is 9.97 Å². The molecule has 0 atom stereocenters. The van der Waals surface area contributed by atoms with Crippen molar-refractivity contribution in [1.29, 1.82) is 5.26 Å². The van der Waals surface area contributed by atoms with E-state index in [4.69, 9.17) is 5.26 Å². The molecule has 0 aliphatic carbocycles. The number of aromatic nitrogens is 2. The van der Waals surface area contributed by atoms with Gasteiger partial charge in [-0.1, -0.05) is 17.7 Å². The first kappa shape index (κ1) is 15.5. The molecule has 0 aliphatic heterocycles. The quantitative estimate of drug-likeness (QED) is 0.744. The van der Waals surface area contributed by atoms with Crippen LogP contribution in [0.2, 0.25) is 0 Å². The fraction of sp³-hybridized carbons (Fsp3) is 0.105. The maximum atomic E-state index is 8.83. The third-order valence-electron chi connectivity index (χ3n) is 3.60. The van der Waals surface area contributed by atoms with Gasteiger partial charge in [-0.3, -0.25) is 0 Å². The Kier molecular flexibility index (Phi) is 4.39. The van der Waals surface area contributed by atoms with Crippen molar-refractivity contribution in [2.45, 2.75) is 13.8 Å². The third-order valence-corrected chi connectivity index (χ3v) is 3.60. The zero-order valence-electron chi connectivity index (χ0n) is 13.5. The molecule has 0 amide bonds. The Morgan fingerprint density at radius 3 is 2.25 bits per heavy atom. The summed E-state index contributed by atoms with van der Waals surface area (Å²) in [6, 6.07) is 17.4. The van der Waals surface area contributed by atoms with Crippen LogP contribution in [0.1, 0.15) is 16.7 Å². The summed E-state index contributed by atoms with van der Waals surface area (Å²) in [4.78, 5) is 8.49. The molecule has 118 valence electrons. The van der Waals surface area contributed by atoms with E-state index in [1.807, 2.05) is 24.3 Å². The smallest absolute Gasteiger partial charge is 0.135 e. The predicted molar refractivity (Wildman–Crippen MR) is 95.7 cm³/mol. The average Bonchev–Trinajstić information content (AvgIpc) is 2.58. The molecule has 5 nitrogen and oxygen atoms in total. The Hall–Kier alpha value is -3.39. The molecule has 0 saturated heterocycles. The molecule has 0 aliphatic rings. The van der Waals surface area contributed by atoms with Gasteiger partial charge in [0.1, 0.15) is 18.0 Å². The van der Waals surface area contributed by atoms with E-state index in [-0.39, 0.29) is 0 Å². The number of nitrogens with zero attached hydrogens (tertiary/aromatic N) is 3. The molecule has 0 fully saturated rings. The Bertz CT molecular complexity index is 894. The second kappa shape index (κ2) is 6.80. The SMILES string of the molecule is Cc1ccc(Nc2cc(Nc3ccc(C#N)cc3)ncn2)c(C)c1. The van der Waals surface area contributed by atoms with Crippen molar-refractivity contribution in [3.05, 3.63) is 71.5 Å². The van der Waals surface area contributed by atoms with Gasteiger partial charge in [-0.15, -0.1) is 0 Å². The van der Waals surface area contributed by atoms with E-state index in [2.05, 4.69) is 52.7 Å². The summed E-state index contributed by atoms with van der Waals surface area (Å²) >= 11 is 0. The van der Waals surface area contributed by atoms with E-state index in [1.165, 1.54) is 11.9 Å². The topological polar surface area (TPSA) is 73.6 Å². The number of benzene rings is 2. The van der Waals surface area contributed by atoms with Gasteiger partial charge in [0.05, 0.1) is 11.6 Å². The highest BCUT2D eigenvalue weighted by atomic mass is 15.1. The summed E-state index contributed by atoms with van der Waals surface area (Å²) in [6.07, 6.45) is 1.51. The summed E-state index contributed by atoms with van der Waals surface area (Å²) in [5.41, 5.74) is 4.90. The molecule has 2 aromatic carbocycles. The highest BCUT2D eigenvalue weighted by molar-refractivity contribution is 5.65. The van der Waals surface area contributed by atoms with Gasteiger partial charge in [0.15, 0.2) is 0 Å². The van der Waals surface area contributed by atoms with Crippen LogP contribution in [0.4, 0.5) is 23.0 Å². The first-order valence-electron chi connectivity index (χ1n) is 7.57. The molecule has 24 heavy (non-hydrogen) atoms. The second-order valence-electron chi connectivity index (χ2n) is 5.55. The molecule has 3 rings (SSSR count). The summed E-state index contributed by atoms with van der Waals surface area (Å²) in [6.45, 7) is 4.13. The average molecular weight is 315 g/mol. The summed E-state index contributed by atoms with van der Waals surface area (Å²) < 4.78 is 0. The van der Waals surface area contributed by atoms with Crippen LogP contribution in [0.15, 0.2) is 54.9 Å². The molecule has 5 heteroatoms. The van der Waals surface area contributed by atoms with E-state index in [1.54, 1.807) is 12.1 Å². The van der Waals surface area contributed by atoms with E-state index >= 15 is 0 Å². The third kappa shape index (κ3) is 3.68. The molecular weight excluding hydrogens is 298 g/mol. The van der Waals surface area contributed by atoms with Gasteiger partial charge in [0, 0.05) is 17.4 Å². The molecule has 0 bridgehead atoms. The van der Waals surface area contributed by atoms with Crippen LogP contribution >= 0.6 is 0 Å². The van der Waals surface area contributed by atoms with Crippen molar-refractivity contribution >= 4 is 23.0 Å². The molecule has 1 heterocycles. The number of hydrogen-bond acceptors (Lipinski definition) is 5. The minimum absolute atomic E-state index is 0.625. The van der Waals surface area contributed by atoms with E-state index in [0.29, 0.717) is 17.2 Å². The van der Waals surface area contributed by atoms with Crippen molar-refractivity contribution in [2.75, 3.05) is 10.6 Å². The van der Waals surface area contributed by atoms with E-state index < -0.39 is 0 Å². The van der Waals surface area contributed by atoms with Crippen LogP contribution in [-0.4, -0.2) is 9.97 Å². The van der Waals surface area contributed by atoms with Crippen LogP contribution in [0, 0.1) is 25.2 Å². The van der Waals surface area contributed by atoms with Crippen LogP contribution < -0.4 is 10.6 Å². The lowest BCUT2D eigenvalue weighted by Crippen LogP contribution is -1.99. The molecule has 1 aromatic heterocycles. The van der Waals surface area contributed by atoms with Crippen molar-refractivity contribution < 1.29 is 0 Å². The van der Waals surface area contributed by atoms with Crippen LogP contribution in [-0.2, 0) is 0 Å². The first-order valence-corrected chi connectivity index (χ1v) is 7.57. The number of aryl methyl sites for hydroxylation is 2. The molecule has 3 aromatic rings. The predicted octanol–water partition coefficient (Wildman–Crippen LogP) is 4.45. The maximum absolute atomic E-state index is 8.83. The van der Waals surface area contributed by atoms with Crippen LogP contribution in [0.25, 0.3) is 0 Å². The van der Waals surface area contributed by atoms with Gasteiger partial charge in [0.25, 0.3) is 0 Å². The number of nitriles is 1. The Balaban J connectivity index is 1.77. The molecule has 0 saturated carbocycles. The highest BCUT2D eigenvalue weighted by Gasteiger charge is 2.03. The van der Waals surface area contributed by atoms with Gasteiger partial charge in [-0.2, -0.15) is 5.26 Å². The van der Waals surface area contributed by atoms with Gasteiger partial charge in [0.2, 0.25) is 0 Å². The Morgan fingerprint density at radius 2 is 1.58 bits per heavy atom. The van der Waals surface area contributed by atoms with Gasteiger partial charge in [-0.25, -0.2) is 9.97 Å². The lowest BCUT2D eigenvalue weighted by atomic mass is 10.1. The summed E-state index contributed by atoms with van der Waals surface area (Å²) in [7, 11) is 0. The molecule has 0 unspecified atom stereocenters. The molecule has 0 radical (unpaired) electrons. The van der Waals surface area contributed by atoms with E-state index in [0.717, 1.165) is 16.9 Å². The first-order chi connectivity index (χ1) is 11.6. The highest BCUT2D eigenvalue weighted by Crippen LogP contribution is 2.22. The normalized spacial score (nSPS) is 10.0. The fourth-order valence-corrected chi connectivity index (χ4v) is 2.36. The number of nitrogens with one attached hydrogen (secondary N) is 2. The standard InChI is InChI=1S/C19H17N5/c1-13-3-8-17(14(2)9-13)24-19-10-18(21-12-22-19)23-16-6-4-15(11-20)5-7-16/h3-10,12H,1-2H3,(H2,21,22,23,24). The number of anilines is 4. The molecular formula is C19H17N5. The van der Waals surface area contributed by atoms with Crippen molar-refractivity contribution in [2.24, 2.45) is 0 Å². The van der Waals surface area contributed by atoms with Gasteiger partial charge < -0.3 is 10.6 Å².